The van der Waals surface area contributed by atoms with Crippen LogP contribution in [0.4, 0.5) is 5.82 Å². The average molecular weight is 383 g/mol. The van der Waals surface area contributed by atoms with Crippen molar-refractivity contribution in [3.63, 3.8) is 0 Å². The van der Waals surface area contributed by atoms with Crippen LogP contribution >= 0.6 is 11.6 Å². The van der Waals surface area contributed by atoms with Gasteiger partial charge in [-0.3, -0.25) is 0 Å². The van der Waals surface area contributed by atoms with Crippen molar-refractivity contribution in [1.29, 1.82) is 0 Å². The standard InChI is InChI=1S/C16H19ClN4O3S/c1-12-18-15(11-16(19-12)24-2)20-7-9-21(10-8-20)25(22,23)14-6-4-3-5-13(14)17/h3-6,11H,7-10H2,1-2H3. The number of hydrogen-bond acceptors (Lipinski definition) is 6. The van der Waals surface area contributed by atoms with E-state index in [4.69, 9.17) is 16.3 Å². The third-order valence-corrected chi connectivity index (χ3v) is 6.43. The van der Waals surface area contributed by atoms with E-state index in [1.807, 2.05) is 4.90 Å². The fourth-order valence-electron chi connectivity index (χ4n) is 2.74. The van der Waals surface area contributed by atoms with Gasteiger partial charge in [-0.05, 0) is 19.1 Å². The maximum atomic E-state index is 12.8. The summed E-state index contributed by atoms with van der Waals surface area (Å²) in [6.07, 6.45) is 0. The molecule has 0 saturated carbocycles. The molecule has 0 aliphatic carbocycles. The number of piperazine rings is 1. The number of rotatable bonds is 4. The minimum atomic E-state index is -3.60. The number of nitrogens with zero attached hydrogens (tertiary/aromatic N) is 4. The Kier molecular flexibility index (Phi) is 5.12. The Morgan fingerprint density at radius 1 is 1.12 bits per heavy atom. The zero-order valence-electron chi connectivity index (χ0n) is 14.0. The maximum Gasteiger partial charge on any atom is 0.244 e. The van der Waals surface area contributed by atoms with E-state index in [0.717, 1.165) is 5.82 Å². The van der Waals surface area contributed by atoms with Crippen molar-refractivity contribution in [3.8, 4) is 5.88 Å². The van der Waals surface area contributed by atoms with Crippen molar-refractivity contribution in [2.75, 3.05) is 38.2 Å². The highest BCUT2D eigenvalue weighted by Gasteiger charge is 2.30. The lowest BCUT2D eigenvalue weighted by Crippen LogP contribution is -2.49. The summed E-state index contributed by atoms with van der Waals surface area (Å²) < 4.78 is 32.2. The molecule has 134 valence electrons. The molecule has 1 aliphatic heterocycles. The first-order chi connectivity index (χ1) is 11.9. The smallest absolute Gasteiger partial charge is 0.244 e. The second-order valence-electron chi connectivity index (χ2n) is 5.64. The van der Waals surface area contributed by atoms with E-state index < -0.39 is 10.0 Å². The molecule has 0 amide bonds. The van der Waals surface area contributed by atoms with Gasteiger partial charge in [-0.15, -0.1) is 0 Å². The van der Waals surface area contributed by atoms with Crippen molar-refractivity contribution in [2.45, 2.75) is 11.8 Å². The van der Waals surface area contributed by atoms with Gasteiger partial charge < -0.3 is 9.64 Å². The molecule has 1 aromatic carbocycles. The molecule has 9 heteroatoms. The number of ether oxygens (including phenoxy) is 1. The summed E-state index contributed by atoms with van der Waals surface area (Å²) in [5, 5.41) is 0.237. The Morgan fingerprint density at radius 3 is 2.44 bits per heavy atom. The fourth-order valence-corrected chi connectivity index (χ4v) is 4.66. The Hall–Kier alpha value is -1.90. The zero-order chi connectivity index (χ0) is 18.0. The van der Waals surface area contributed by atoms with Crippen LogP contribution in [-0.2, 0) is 10.0 Å². The minimum absolute atomic E-state index is 0.143. The van der Waals surface area contributed by atoms with Crippen LogP contribution in [0, 0.1) is 6.92 Å². The largest absolute Gasteiger partial charge is 0.481 e. The Labute approximate surface area is 152 Å². The van der Waals surface area contributed by atoms with Crippen LogP contribution in [0.5, 0.6) is 5.88 Å². The van der Waals surface area contributed by atoms with Crippen molar-refractivity contribution >= 4 is 27.4 Å². The van der Waals surface area contributed by atoms with Gasteiger partial charge in [0.15, 0.2) is 0 Å². The predicted molar refractivity (Wildman–Crippen MR) is 95.7 cm³/mol. The third kappa shape index (κ3) is 3.70. The van der Waals surface area contributed by atoms with E-state index in [9.17, 15) is 8.42 Å². The number of halogens is 1. The van der Waals surface area contributed by atoms with Crippen LogP contribution in [0.3, 0.4) is 0 Å². The van der Waals surface area contributed by atoms with E-state index in [0.29, 0.717) is 37.9 Å². The van der Waals surface area contributed by atoms with E-state index in [-0.39, 0.29) is 9.92 Å². The highest BCUT2D eigenvalue weighted by Crippen LogP contribution is 2.26. The monoisotopic (exact) mass is 382 g/mol. The summed E-state index contributed by atoms with van der Waals surface area (Å²) >= 11 is 6.06. The van der Waals surface area contributed by atoms with Gasteiger partial charge in [0.1, 0.15) is 16.5 Å². The molecule has 2 aromatic rings. The molecule has 2 heterocycles. The van der Waals surface area contributed by atoms with Crippen LogP contribution in [-0.4, -0.2) is 56.0 Å². The van der Waals surface area contributed by atoms with E-state index in [1.54, 1.807) is 38.3 Å². The molecular weight excluding hydrogens is 364 g/mol. The lowest BCUT2D eigenvalue weighted by atomic mass is 10.3. The van der Waals surface area contributed by atoms with Gasteiger partial charge in [0.2, 0.25) is 15.9 Å². The molecule has 1 aliphatic rings. The lowest BCUT2D eigenvalue weighted by Gasteiger charge is -2.34. The number of aryl methyl sites for hydroxylation is 1. The fraction of sp³-hybridized carbons (Fsp3) is 0.375. The molecule has 0 radical (unpaired) electrons. The van der Waals surface area contributed by atoms with Gasteiger partial charge >= 0.3 is 0 Å². The summed E-state index contributed by atoms with van der Waals surface area (Å²) in [6.45, 7) is 3.58. The molecule has 1 saturated heterocycles. The quantitative estimate of drug-likeness (QED) is 0.804. The normalized spacial score (nSPS) is 16.0. The lowest BCUT2D eigenvalue weighted by molar-refractivity contribution is 0.380. The molecular formula is C16H19ClN4O3S. The van der Waals surface area contributed by atoms with Crippen LogP contribution in [0.1, 0.15) is 5.82 Å². The first-order valence-corrected chi connectivity index (χ1v) is 9.63. The zero-order valence-corrected chi connectivity index (χ0v) is 15.6. The highest BCUT2D eigenvalue weighted by atomic mass is 35.5. The first kappa shape index (κ1) is 17.9. The Morgan fingerprint density at radius 2 is 1.80 bits per heavy atom. The predicted octanol–water partition coefficient (Wildman–Crippen LogP) is 1.96. The van der Waals surface area contributed by atoms with Crippen LogP contribution in [0.2, 0.25) is 5.02 Å². The molecule has 0 bridgehead atoms. The summed E-state index contributed by atoms with van der Waals surface area (Å²) in [7, 11) is -2.05. The number of methoxy groups -OCH3 is 1. The Balaban J connectivity index is 1.76. The summed E-state index contributed by atoms with van der Waals surface area (Å²) in [6, 6.07) is 8.25. The number of anilines is 1. The maximum absolute atomic E-state index is 12.8. The second-order valence-corrected chi connectivity index (χ2v) is 7.95. The van der Waals surface area contributed by atoms with E-state index in [1.165, 1.54) is 10.4 Å². The second kappa shape index (κ2) is 7.15. The van der Waals surface area contributed by atoms with Crippen molar-refractivity contribution < 1.29 is 13.2 Å². The van der Waals surface area contributed by atoms with Crippen LogP contribution < -0.4 is 9.64 Å². The Bertz CT molecular complexity index is 867. The molecule has 7 nitrogen and oxygen atoms in total. The molecule has 3 rings (SSSR count). The molecule has 0 spiro atoms. The molecule has 0 unspecified atom stereocenters. The van der Waals surface area contributed by atoms with E-state index >= 15 is 0 Å². The molecule has 0 atom stereocenters. The van der Waals surface area contributed by atoms with Crippen molar-refractivity contribution in [1.82, 2.24) is 14.3 Å². The number of hydrogen-bond donors (Lipinski definition) is 0. The number of sulfonamides is 1. The van der Waals surface area contributed by atoms with Gasteiger partial charge in [-0.2, -0.15) is 9.29 Å². The number of benzene rings is 1. The van der Waals surface area contributed by atoms with Crippen LogP contribution in [0.25, 0.3) is 0 Å². The first-order valence-electron chi connectivity index (χ1n) is 7.81. The number of aromatic nitrogens is 2. The van der Waals surface area contributed by atoms with Gasteiger partial charge in [0.05, 0.1) is 12.1 Å². The molecule has 0 N–H and O–H groups in total. The average Bonchev–Trinajstić information content (AvgIpc) is 2.61. The summed E-state index contributed by atoms with van der Waals surface area (Å²) in [5.74, 6) is 1.84. The minimum Gasteiger partial charge on any atom is -0.481 e. The van der Waals surface area contributed by atoms with Gasteiger partial charge in [0, 0.05) is 32.2 Å². The van der Waals surface area contributed by atoms with Gasteiger partial charge in [-0.1, -0.05) is 23.7 Å². The molecule has 1 fully saturated rings. The summed E-state index contributed by atoms with van der Waals surface area (Å²) in [4.78, 5) is 10.7. The topological polar surface area (TPSA) is 75.6 Å². The van der Waals surface area contributed by atoms with E-state index in [2.05, 4.69) is 9.97 Å². The van der Waals surface area contributed by atoms with Gasteiger partial charge in [-0.25, -0.2) is 13.4 Å². The highest BCUT2D eigenvalue weighted by molar-refractivity contribution is 7.89. The van der Waals surface area contributed by atoms with Crippen LogP contribution in [0.15, 0.2) is 35.2 Å². The van der Waals surface area contributed by atoms with Crippen molar-refractivity contribution in [3.05, 3.63) is 41.2 Å². The molecule has 25 heavy (non-hydrogen) atoms. The SMILES string of the molecule is COc1cc(N2CCN(S(=O)(=O)c3ccccc3Cl)CC2)nc(C)n1. The van der Waals surface area contributed by atoms with Gasteiger partial charge in [0.25, 0.3) is 0 Å². The third-order valence-electron chi connectivity index (χ3n) is 4.03. The van der Waals surface area contributed by atoms with Crippen molar-refractivity contribution in [2.24, 2.45) is 0 Å². The molecule has 1 aromatic heterocycles. The summed E-state index contributed by atoms with van der Waals surface area (Å²) in [5.41, 5.74) is 0.